The normalized spacial score (nSPS) is 10.2. The molecule has 0 aliphatic rings. The van der Waals surface area contributed by atoms with Crippen molar-refractivity contribution in [2.24, 2.45) is 11.5 Å². The Morgan fingerprint density at radius 3 is 1.25 bits per heavy atom. The lowest BCUT2D eigenvalue weighted by atomic mass is 10.1. The van der Waals surface area contributed by atoms with Gasteiger partial charge in [-0.2, -0.15) is 0 Å². The van der Waals surface area contributed by atoms with E-state index in [0.29, 0.717) is 0 Å². The first-order chi connectivity index (χ1) is 7.29. The van der Waals surface area contributed by atoms with Gasteiger partial charge in [0.25, 0.3) is 11.8 Å². The molecule has 1 rings (SSSR count). The lowest BCUT2D eigenvalue weighted by Crippen LogP contribution is -2.18. The van der Waals surface area contributed by atoms with Crippen molar-refractivity contribution in [2.75, 3.05) is 0 Å². The summed E-state index contributed by atoms with van der Waals surface area (Å²) in [5, 5.41) is -0.932. The van der Waals surface area contributed by atoms with Crippen molar-refractivity contribution < 1.29 is 9.59 Å². The van der Waals surface area contributed by atoms with Crippen LogP contribution in [0.2, 0.25) is 20.1 Å². The average Bonchev–Trinajstić information content (AvgIpc) is 2.13. The summed E-state index contributed by atoms with van der Waals surface area (Å²) in [7, 11) is 0. The van der Waals surface area contributed by atoms with Gasteiger partial charge in [0.15, 0.2) is 0 Å². The zero-order valence-electron chi connectivity index (χ0n) is 7.48. The zero-order chi connectivity index (χ0) is 12.6. The first kappa shape index (κ1) is 13.4. The Kier molecular flexibility index (Phi) is 3.91. The van der Waals surface area contributed by atoms with Crippen LogP contribution in [0.1, 0.15) is 20.7 Å². The number of amides is 2. The maximum absolute atomic E-state index is 11.1. The SMILES string of the molecule is NC(=O)c1c(Cl)c(Cl)c(Cl)c(C(N)=O)c1Cl. The average molecular weight is 302 g/mol. The Morgan fingerprint density at radius 1 is 0.688 bits per heavy atom. The molecule has 8 heteroatoms. The number of carbonyl (C=O) groups excluding carboxylic acids is 2. The number of nitrogens with two attached hydrogens (primary N) is 2. The number of rotatable bonds is 2. The van der Waals surface area contributed by atoms with E-state index in [-0.39, 0.29) is 31.2 Å². The van der Waals surface area contributed by atoms with E-state index in [1.165, 1.54) is 0 Å². The fraction of sp³-hybridized carbons (Fsp3) is 0. The second-order valence-corrected chi connectivity index (χ2v) is 4.25. The molecule has 0 radical (unpaired) electrons. The molecule has 0 aromatic heterocycles. The Bertz CT molecular complexity index is 460. The Morgan fingerprint density at radius 2 is 1.00 bits per heavy atom. The summed E-state index contributed by atoms with van der Waals surface area (Å²) in [4.78, 5) is 22.2. The third-order valence-corrected chi connectivity index (χ3v) is 3.46. The van der Waals surface area contributed by atoms with Crippen LogP contribution >= 0.6 is 46.4 Å². The Hall–Kier alpha value is -0.680. The molecule has 16 heavy (non-hydrogen) atoms. The largest absolute Gasteiger partial charge is 0.366 e. The minimum absolute atomic E-state index is 0.199. The minimum Gasteiger partial charge on any atom is -0.366 e. The topological polar surface area (TPSA) is 86.2 Å². The summed E-state index contributed by atoms with van der Waals surface area (Å²) in [5.74, 6) is -1.87. The second-order valence-electron chi connectivity index (χ2n) is 2.73. The van der Waals surface area contributed by atoms with E-state index in [2.05, 4.69) is 0 Å². The van der Waals surface area contributed by atoms with Gasteiger partial charge in [-0.05, 0) is 0 Å². The molecule has 86 valence electrons. The van der Waals surface area contributed by atoms with Crippen LogP contribution in [0.5, 0.6) is 0 Å². The van der Waals surface area contributed by atoms with Crippen LogP contribution in [-0.2, 0) is 0 Å². The van der Waals surface area contributed by atoms with E-state index in [9.17, 15) is 9.59 Å². The van der Waals surface area contributed by atoms with Gasteiger partial charge >= 0.3 is 0 Å². The number of hydrogen-bond donors (Lipinski definition) is 2. The van der Waals surface area contributed by atoms with Crippen molar-refractivity contribution >= 4 is 58.2 Å². The molecule has 2 amide bonds. The van der Waals surface area contributed by atoms with Crippen molar-refractivity contribution in [3.05, 3.63) is 31.2 Å². The van der Waals surface area contributed by atoms with E-state index in [1.54, 1.807) is 0 Å². The quantitative estimate of drug-likeness (QED) is 0.649. The molecule has 0 bridgehead atoms. The molecule has 0 atom stereocenters. The first-order valence-corrected chi connectivity index (χ1v) is 5.25. The fourth-order valence-electron chi connectivity index (χ4n) is 1.07. The highest BCUT2D eigenvalue weighted by molar-refractivity contribution is 6.53. The standard InChI is InChI=1S/C8H4Cl4N2O2/c9-3-1(7(13)15)4(10)6(12)5(11)2(3)8(14)16/h(H2,13,15)(H2,14,16). The van der Waals surface area contributed by atoms with E-state index in [4.69, 9.17) is 57.9 Å². The highest BCUT2D eigenvalue weighted by Gasteiger charge is 2.25. The van der Waals surface area contributed by atoms with Crippen LogP contribution in [0.15, 0.2) is 0 Å². The zero-order valence-corrected chi connectivity index (χ0v) is 10.5. The first-order valence-electron chi connectivity index (χ1n) is 3.74. The lowest BCUT2D eigenvalue weighted by molar-refractivity contribution is 0.0999. The third-order valence-electron chi connectivity index (χ3n) is 1.76. The molecular weight excluding hydrogens is 298 g/mol. The molecular formula is C8H4Cl4N2O2. The second kappa shape index (κ2) is 4.67. The molecule has 1 aromatic rings. The van der Waals surface area contributed by atoms with Crippen LogP contribution in [0, 0.1) is 0 Å². The molecule has 0 aliphatic carbocycles. The van der Waals surface area contributed by atoms with Gasteiger partial charge in [0.05, 0.1) is 31.2 Å². The number of carbonyl (C=O) groups is 2. The molecule has 0 aliphatic heterocycles. The van der Waals surface area contributed by atoms with Crippen LogP contribution in [0.3, 0.4) is 0 Å². The van der Waals surface area contributed by atoms with E-state index < -0.39 is 11.8 Å². The smallest absolute Gasteiger partial charge is 0.251 e. The summed E-state index contributed by atoms with van der Waals surface area (Å²) in [5.41, 5.74) is 9.51. The van der Waals surface area contributed by atoms with Gasteiger partial charge in [0, 0.05) is 0 Å². The Balaban J connectivity index is 3.80. The highest BCUT2D eigenvalue weighted by Crippen LogP contribution is 2.40. The Labute approximate surface area is 110 Å². The van der Waals surface area contributed by atoms with E-state index in [0.717, 1.165) is 0 Å². The molecule has 1 aromatic carbocycles. The number of halogens is 4. The van der Waals surface area contributed by atoms with Gasteiger partial charge in [-0.1, -0.05) is 46.4 Å². The van der Waals surface area contributed by atoms with Crippen molar-refractivity contribution in [1.82, 2.24) is 0 Å². The van der Waals surface area contributed by atoms with Gasteiger partial charge in [-0.3, -0.25) is 9.59 Å². The van der Waals surface area contributed by atoms with E-state index in [1.807, 2.05) is 0 Å². The maximum Gasteiger partial charge on any atom is 0.251 e. The number of primary amides is 2. The van der Waals surface area contributed by atoms with E-state index >= 15 is 0 Å². The summed E-state index contributed by atoms with van der Waals surface area (Å²) in [6, 6.07) is 0. The van der Waals surface area contributed by atoms with Crippen molar-refractivity contribution in [2.45, 2.75) is 0 Å². The number of hydrogen-bond acceptors (Lipinski definition) is 2. The summed E-state index contributed by atoms with van der Waals surface area (Å²) in [6.07, 6.45) is 0. The molecule has 4 N–H and O–H groups in total. The highest BCUT2D eigenvalue weighted by atomic mass is 35.5. The molecule has 0 fully saturated rings. The number of benzene rings is 1. The van der Waals surface area contributed by atoms with Crippen LogP contribution in [0.4, 0.5) is 0 Å². The van der Waals surface area contributed by atoms with Crippen LogP contribution in [-0.4, -0.2) is 11.8 Å². The van der Waals surface area contributed by atoms with Crippen molar-refractivity contribution in [3.63, 3.8) is 0 Å². The molecule has 4 nitrogen and oxygen atoms in total. The molecule has 0 saturated carbocycles. The van der Waals surface area contributed by atoms with Crippen LogP contribution < -0.4 is 11.5 Å². The summed E-state index contributed by atoms with van der Waals surface area (Å²) < 4.78 is 0. The summed E-state index contributed by atoms with van der Waals surface area (Å²) >= 11 is 22.9. The predicted octanol–water partition coefficient (Wildman–Crippen LogP) is 2.50. The fourth-order valence-corrected chi connectivity index (χ4v) is 2.34. The van der Waals surface area contributed by atoms with Gasteiger partial charge in [0.1, 0.15) is 0 Å². The van der Waals surface area contributed by atoms with Crippen LogP contribution in [0.25, 0.3) is 0 Å². The molecule has 0 unspecified atom stereocenters. The van der Waals surface area contributed by atoms with Gasteiger partial charge in [-0.25, -0.2) is 0 Å². The van der Waals surface area contributed by atoms with Gasteiger partial charge in [0.2, 0.25) is 0 Å². The molecule has 0 heterocycles. The van der Waals surface area contributed by atoms with Crippen molar-refractivity contribution in [1.29, 1.82) is 0 Å². The van der Waals surface area contributed by atoms with Gasteiger partial charge < -0.3 is 11.5 Å². The third kappa shape index (κ3) is 2.06. The summed E-state index contributed by atoms with van der Waals surface area (Å²) in [6.45, 7) is 0. The molecule has 0 spiro atoms. The van der Waals surface area contributed by atoms with Gasteiger partial charge in [-0.15, -0.1) is 0 Å². The predicted molar refractivity (Wildman–Crippen MR) is 63.5 cm³/mol. The molecule has 0 saturated heterocycles. The van der Waals surface area contributed by atoms with Crippen molar-refractivity contribution in [3.8, 4) is 0 Å². The maximum atomic E-state index is 11.1. The lowest BCUT2D eigenvalue weighted by Gasteiger charge is -2.11. The minimum atomic E-state index is -0.934. The monoisotopic (exact) mass is 300 g/mol.